The van der Waals surface area contributed by atoms with Gasteiger partial charge in [0, 0.05) is 18.2 Å². The largest absolute Gasteiger partial charge is 0.331 e. The molecule has 0 atom stereocenters. The average molecular weight is 354 g/mol. The number of carbonyl (C=O) groups excluding carboxylic acids is 1. The molecule has 1 amide bonds. The molecule has 128 valence electrons. The summed E-state index contributed by atoms with van der Waals surface area (Å²) in [5.41, 5.74) is 4.78. The number of carbonyl (C=O) groups is 1. The highest BCUT2D eigenvalue weighted by molar-refractivity contribution is 5.99. The van der Waals surface area contributed by atoms with Crippen molar-refractivity contribution in [2.24, 2.45) is 0 Å². The Labute approximate surface area is 153 Å². The molecular weight excluding hydrogens is 334 g/mol. The van der Waals surface area contributed by atoms with Gasteiger partial charge in [0.2, 0.25) is 0 Å². The second-order valence-corrected chi connectivity index (χ2v) is 6.48. The van der Waals surface area contributed by atoms with Crippen molar-refractivity contribution in [3.8, 4) is 17.2 Å². The van der Waals surface area contributed by atoms with Gasteiger partial charge < -0.3 is 10.2 Å². The summed E-state index contributed by atoms with van der Waals surface area (Å²) in [5.74, 6) is 0.170. The van der Waals surface area contributed by atoms with Crippen molar-refractivity contribution in [3.63, 3.8) is 0 Å². The van der Waals surface area contributed by atoms with Gasteiger partial charge in [0.25, 0.3) is 5.91 Å². The van der Waals surface area contributed by atoms with E-state index in [1.807, 2.05) is 41.3 Å². The standard InChI is InChI=1S/C20H19N3O.ClH/c21-12-14-1-3-15(4-2-14)16-5-6-19-17(11-16)13-23(20(19)24)18-7-9-22-10-8-18;/h1-6,11,18,22H,7-10,13H2;1H. The smallest absolute Gasteiger partial charge is 0.254 e. The van der Waals surface area contributed by atoms with Gasteiger partial charge in [0.1, 0.15) is 0 Å². The minimum Gasteiger partial charge on any atom is -0.331 e. The molecule has 1 saturated heterocycles. The molecule has 0 aromatic heterocycles. The molecule has 2 aromatic rings. The van der Waals surface area contributed by atoms with Crippen LogP contribution >= 0.6 is 12.4 Å². The average Bonchev–Trinajstić information content (AvgIpc) is 2.99. The number of hydrogen-bond donors (Lipinski definition) is 1. The zero-order chi connectivity index (χ0) is 16.5. The first-order valence-electron chi connectivity index (χ1n) is 8.41. The van der Waals surface area contributed by atoms with E-state index in [0.717, 1.165) is 48.2 Å². The van der Waals surface area contributed by atoms with E-state index in [4.69, 9.17) is 5.26 Å². The lowest BCUT2D eigenvalue weighted by Gasteiger charge is -2.31. The van der Waals surface area contributed by atoms with Crippen molar-refractivity contribution in [1.29, 1.82) is 5.26 Å². The lowest BCUT2D eigenvalue weighted by atomic mass is 10.00. The number of rotatable bonds is 2. The minimum atomic E-state index is 0. The maximum absolute atomic E-state index is 12.7. The predicted octanol–water partition coefficient (Wildman–Crippen LogP) is 3.35. The van der Waals surface area contributed by atoms with Crippen molar-refractivity contribution in [2.45, 2.75) is 25.4 Å². The summed E-state index contributed by atoms with van der Waals surface area (Å²) >= 11 is 0. The van der Waals surface area contributed by atoms with E-state index in [9.17, 15) is 4.79 Å². The van der Waals surface area contributed by atoms with Gasteiger partial charge in [0.15, 0.2) is 0 Å². The van der Waals surface area contributed by atoms with Crippen molar-refractivity contribution < 1.29 is 4.79 Å². The van der Waals surface area contributed by atoms with Crippen LogP contribution in [0.1, 0.15) is 34.3 Å². The molecule has 4 nitrogen and oxygen atoms in total. The van der Waals surface area contributed by atoms with Crippen molar-refractivity contribution in [2.75, 3.05) is 13.1 Å². The second-order valence-electron chi connectivity index (χ2n) is 6.48. The number of nitrogens with one attached hydrogen (secondary N) is 1. The summed E-state index contributed by atoms with van der Waals surface area (Å²) in [4.78, 5) is 14.7. The first-order chi connectivity index (χ1) is 11.8. The monoisotopic (exact) mass is 353 g/mol. The summed E-state index contributed by atoms with van der Waals surface area (Å²) in [6.07, 6.45) is 2.06. The van der Waals surface area contributed by atoms with Crippen LogP contribution in [-0.2, 0) is 6.54 Å². The first kappa shape index (κ1) is 17.5. The van der Waals surface area contributed by atoms with E-state index < -0.39 is 0 Å². The van der Waals surface area contributed by atoms with Crippen LogP contribution in [0.5, 0.6) is 0 Å². The Kier molecular flexibility index (Phi) is 5.08. The first-order valence-corrected chi connectivity index (χ1v) is 8.41. The van der Waals surface area contributed by atoms with Gasteiger partial charge in [-0.15, -0.1) is 12.4 Å². The van der Waals surface area contributed by atoms with Crippen molar-refractivity contribution >= 4 is 18.3 Å². The predicted molar refractivity (Wildman–Crippen MR) is 99.6 cm³/mol. The Balaban J connectivity index is 0.00000182. The van der Waals surface area contributed by atoms with E-state index in [1.165, 1.54) is 0 Å². The number of fused-ring (bicyclic) bond motifs is 1. The summed E-state index contributed by atoms with van der Waals surface area (Å²) in [6, 6.07) is 16.1. The lowest BCUT2D eigenvalue weighted by molar-refractivity contribution is 0.0668. The summed E-state index contributed by atoms with van der Waals surface area (Å²) in [6.45, 7) is 2.69. The molecule has 0 aliphatic carbocycles. The SMILES string of the molecule is Cl.N#Cc1ccc(-c2ccc3c(c2)CN(C2CCNCC2)C3=O)cc1. The topological polar surface area (TPSA) is 56.1 Å². The van der Waals surface area contributed by atoms with Gasteiger partial charge in [-0.3, -0.25) is 4.79 Å². The van der Waals surface area contributed by atoms with Gasteiger partial charge in [-0.05, 0) is 66.9 Å². The molecule has 2 aliphatic heterocycles. The molecule has 1 fully saturated rings. The minimum absolute atomic E-state index is 0. The molecule has 4 rings (SSSR count). The van der Waals surface area contributed by atoms with Crippen LogP contribution in [0.3, 0.4) is 0 Å². The van der Waals surface area contributed by atoms with Gasteiger partial charge in [-0.25, -0.2) is 0 Å². The maximum atomic E-state index is 12.7. The van der Waals surface area contributed by atoms with Crippen LogP contribution in [0.15, 0.2) is 42.5 Å². The fourth-order valence-electron chi connectivity index (χ4n) is 3.67. The van der Waals surface area contributed by atoms with E-state index in [2.05, 4.69) is 17.5 Å². The Morgan fingerprint density at radius 3 is 2.40 bits per heavy atom. The summed E-state index contributed by atoms with van der Waals surface area (Å²) < 4.78 is 0. The zero-order valence-electron chi connectivity index (χ0n) is 13.9. The summed E-state index contributed by atoms with van der Waals surface area (Å²) in [7, 11) is 0. The Morgan fingerprint density at radius 1 is 1.04 bits per heavy atom. The fourth-order valence-corrected chi connectivity index (χ4v) is 3.67. The second kappa shape index (κ2) is 7.26. The third kappa shape index (κ3) is 3.26. The zero-order valence-corrected chi connectivity index (χ0v) is 14.7. The lowest BCUT2D eigenvalue weighted by Crippen LogP contribution is -2.43. The molecular formula is C20H20ClN3O. The number of piperidine rings is 1. The highest BCUT2D eigenvalue weighted by atomic mass is 35.5. The van der Waals surface area contributed by atoms with Crippen LogP contribution < -0.4 is 5.32 Å². The van der Waals surface area contributed by atoms with E-state index in [1.54, 1.807) is 0 Å². The molecule has 0 bridgehead atoms. The van der Waals surface area contributed by atoms with Crippen LogP contribution in [0.25, 0.3) is 11.1 Å². The van der Waals surface area contributed by atoms with Crippen molar-refractivity contribution in [1.82, 2.24) is 10.2 Å². The van der Waals surface area contributed by atoms with Crippen molar-refractivity contribution in [3.05, 3.63) is 59.2 Å². The number of nitriles is 1. The Hall–Kier alpha value is -2.35. The van der Waals surface area contributed by atoms with Crippen LogP contribution in [0.2, 0.25) is 0 Å². The Bertz CT molecular complexity index is 820. The number of amides is 1. The molecule has 2 aromatic carbocycles. The molecule has 0 spiro atoms. The van der Waals surface area contributed by atoms with Gasteiger partial charge in [-0.2, -0.15) is 5.26 Å². The highest BCUT2D eigenvalue weighted by Crippen LogP contribution is 2.31. The van der Waals surface area contributed by atoms with E-state index in [-0.39, 0.29) is 18.3 Å². The van der Waals surface area contributed by atoms with Gasteiger partial charge in [0.05, 0.1) is 11.6 Å². The van der Waals surface area contributed by atoms with Crippen LogP contribution in [-0.4, -0.2) is 29.9 Å². The molecule has 5 heteroatoms. The van der Waals surface area contributed by atoms with E-state index >= 15 is 0 Å². The van der Waals surface area contributed by atoms with Gasteiger partial charge >= 0.3 is 0 Å². The Morgan fingerprint density at radius 2 is 1.72 bits per heavy atom. The number of benzene rings is 2. The molecule has 0 unspecified atom stereocenters. The number of hydrogen-bond acceptors (Lipinski definition) is 3. The third-order valence-corrected chi connectivity index (χ3v) is 5.03. The third-order valence-electron chi connectivity index (χ3n) is 5.03. The van der Waals surface area contributed by atoms with Crippen LogP contribution in [0, 0.1) is 11.3 Å². The number of nitrogens with zero attached hydrogens (tertiary/aromatic N) is 2. The summed E-state index contributed by atoms with van der Waals surface area (Å²) in [5, 5.41) is 12.3. The molecule has 0 saturated carbocycles. The molecule has 2 heterocycles. The molecule has 0 radical (unpaired) electrons. The normalized spacial score (nSPS) is 16.9. The quantitative estimate of drug-likeness (QED) is 0.900. The van der Waals surface area contributed by atoms with E-state index in [0.29, 0.717) is 18.2 Å². The molecule has 2 aliphatic rings. The maximum Gasteiger partial charge on any atom is 0.254 e. The van der Waals surface area contributed by atoms with Gasteiger partial charge in [-0.1, -0.05) is 18.2 Å². The fraction of sp³-hybridized carbons (Fsp3) is 0.300. The van der Waals surface area contributed by atoms with Crippen LogP contribution in [0.4, 0.5) is 0 Å². The molecule has 1 N–H and O–H groups in total. The highest BCUT2D eigenvalue weighted by Gasteiger charge is 2.33. The molecule has 25 heavy (non-hydrogen) atoms. The number of halogens is 1.